The Kier molecular flexibility index (Phi) is 6.50. The van der Waals surface area contributed by atoms with E-state index in [4.69, 9.17) is 10.5 Å². The van der Waals surface area contributed by atoms with Crippen molar-refractivity contribution in [1.29, 1.82) is 0 Å². The van der Waals surface area contributed by atoms with E-state index in [0.29, 0.717) is 12.1 Å². The number of rotatable bonds is 7. The summed E-state index contributed by atoms with van der Waals surface area (Å²) >= 11 is 0. The molecule has 0 spiro atoms. The lowest BCUT2D eigenvalue weighted by Gasteiger charge is -2.29. The quantitative estimate of drug-likeness (QED) is 0.631. The lowest BCUT2D eigenvalue weighted by atomic mass is 9.82. The molecule has 1 aliphatic carbocycles. The Morgan fingerprint density at radius 1 is 1.33 bits per heavy atom. The zero-order valence-corrected chi connectivity index (χ0v) is 16.4. The number of ether oxygens (including phenoxy) is 1. The lowest BCUT2D eigenvalue weighted by Crippen LogP contribution is -2.32. The van der Waals surface area contributed by atoms with Crippen LogP contribution in [0.15, 0.2) is 66.5 Å². The highest BCUT2D eigenvalue weighted by Crippen LogP contribution is 2.49. The number of nitrogens with two attached hydrogens (primary N) is 1. The van der Waals surface area contributed by atoms with E-state index in [1.807, 2.05) is 30.3 Å². The van der Waals surface area contributed by atoms with Crippen molar-refractivity contribution in [3.8, 4) is 0 Å². The number of nitrogens with one attached hydrogen (secondary N) is 1. The summed E-state index contributed by atoms with van der Waals surface area (Å²) in [4.78, 5) is 11.9. The van der Waals surface area contributed by atoms with E-state index in [2.05, 4.69) is 11.9 Å². The monoisotopic (exact) mass is 370 g/mol. The fourth-order valence-electron chi connectivity index (χ4n) is 3.06. The maximum atomic E-state index is 11.9. The Bertz CT molecular complexity index is 728. The van der Waals surface area contributed by atoms with Crippen molar-refractivity contribution >= 4 is 6.09 Å². The van der Waals surface area contributed by atoms with Gasteiger partial charge in [-0.25, -0.2) is 4.79 Å². The molecule has 0 radical (unpaired) electrons. The Hall–Kier alpha value is -2.53. The maximum absolute atomic E-state index is 11.9. The number of amides is 1. The van der Waals surface area contributed by atoms with Crippen LogP contribution in [0.4, 0.5) is 4.79 Å². The van der Waals surface area contributed by atoms with Crippen LogP contribution in [0.5, 0.6) is 0 Å². The fourth-order valence-corrected chi connectivity index (χ4v) is 3.06. The summed E-state index contributed by atoms with van der Waals surface area (Å²) in [6, 6.07) is 9.66. The molecule has 0 heterocycles. The zero-order chi connectivity index (χ0) is 20.1. The van der Waals surface area contributed by atoms with E-state index in [9.17, 15) is 9.90 Å². The predicted molar refractivity (Wildman–Crippen MR) is 108 cm³/mol. The van der Waals surface area contributed by atoms with Gasteiger partial charge in [0.05, 0.1) is 5.60 Å². The lowest BCUT2D eigenvalue weighted by molar-refractivity contribution is 0.0139. The summed E-state index contributed by atoms with van der Waals surface area (Å²) in [7, 11) is 0. The van der Waals surface area contributed by atoms with Gasteiger partial charge in [0.2, 0.25) is 0 Å². The van der Waals surface area contributed by atoms with Crippen LogP contribution in [0.2, 0.25) is 0 Å². The second-order valence-electron chi connectivity index (χ2n) is 7.97. The van der Waals surface area contributed by atoms with Crippen LogP contribution >= 0.6 is 0 Å². The highest BCUT2D eigenvalue weighted by Gasteiger charge is 2.45. The molecule has 0 aromatic heterocycles. The van der Waals surface area contributed by atoms with Gasteiger partial charge in [0.1, 0.15) is 5.60 Å². The number of carbonyl (C=O) groups is 1. The average molecular weight is 370 g/mol. The Morgan fingerprint density at radius 3 is 2.48 bits per heavy atom. The Balaban J connectivity index is 2.17. The molecule has 0 bridgehead atoms. The predicted octanol–water partition coefficient (Wildman–Crippen LogP) is 4.11. The van der Waals surface area contributed by atoms with Crippen molar-refractivity contribution in [2.24, 2.45) is 11.7 Å². The van der Waals surface area contributed by atoms with Crippen molar-refractivity contribution in [3.63, 3.8) is 0 Å². The van der Waals surface area contributed by atoms with Gasteiger partial charge < -0.3 is 15.6 Å². The molecule has 1 amide bonds. The summed E-state index contributed by atoms with van der Waals surface area (Å²) in [5.74, 6) is 0.210. The molecule has 1 aromatic carbocycles. The van der Waals surface area contributed by atoms with Gasteiger partial charge in [-0.1, -0.05) is 36.9 Å². The number of benzene rings is 1. The zero-order valence-electron chi connectivity index (χ0n) is 16.4. The minimum absolute atomic E-state index is 0.210. The van der Waals surface area contributed by atoms with Gasteiger partial charge in [0.15, 0.2) is 0 Å². The van der Waals surface area contributed by atoms with Crippen LogP contribution in [0, 0.1) is 5.92 Å². The van der Waals surface area contributed by atoms with Crippen molar-refractivity contribution in [2.75, 3.05) is 0 Å². The number of alkyl carbamates (subject to hydrolysis) is 1. The van der Waals surface area contributed by atoms with E-state index in [1.165, 1.54) is 6.20 Å². The van der Waals surface area contributed by atoms with E-state index >= 15 is 0 Å². The van der Waals surface area contributed by atoms with Gasteiger partial charge in [-0.2, -0.15) is 0 Å². The minimum atomic E-state index is -0.973. The number of carbonyl (C=O) groups excluding carboxylic acids is 1. The van der Waals surface area contributed by atoms with Crippen LogP contribution in [0.3, 0.4) is 0 Å². The first-order chi connectivity index (χ1) is 12.6. The van der Waals surface area contributed by atoms with Crippen molar-refractivity contribution in [1.82, 2.24) is 5.32 Å². The number of allylic oxidation sites excluding steroid dienone is 2. The van der Waals surface area contributed by atoms with Crippen molar-refractivity contribution in [2.45, 2.75) is 51.2 Å². The molecule has 0 saturated heterocycles. The molecular formula is C22H30N2O3. The highest BCUT2D eigenvalue weighted by molar-refractivity contribution is 5.70. The smallest absolute Gasteiger partial charge is 0.412 e. The third-order valence-electron chi connectivity index (χ3n) is 4.33. The van der Waals surface area contributed by atoms with E-state index in [0.717, 1.165) is 24.0 Å². The maximum Gasteiger partial charge on any atom is 0.412 e. The minimum Gasteiger partial charge on any atom is -0.444 e. The van der Waals surface area contributed by atoms with Crippen LogP contribution in [0.1, 0.15) is 45.6 Å². The Labute approximate surface area is 161 Å². The van der Waals surface area contributed by atoms with Gasteiger partial charge in [0.25, 0.3) is 0 Å². The topological polar surface area (TPSA) is 84.6 Å². The number of aliphatic hydroxyl groups is 1. The first-order valence-corrected chi connectivity index (χ1v) is 9.20. The van der Waals surface area contributed by atoms with Crippen molar-refractivity contribution in [3.05, 3.63) is 72.1 Å². The summed E-state index contributed by atoms with van der Waals surface area (Å²) in [5.41, 5.74) is 6.07. The molecule has 4 N–H and O–H groups in total. The molecule has 146 valence electrons. The van der Waals surface area contributed by atoms with E-state index < -0.39 is 17.3 Å². The molecule has 1 aromatic rings. The van der Waals surface area contributed by atoms with E-state index in [-0.39, 0.29) is 5.92 Å². The molecule has 1 fully saturated rings. The molecule has 5 nitrogen and oxygen atoms in total. The summed E-state index contributed by atoms with van der Waals surface area (Å²) < 4.78 is 5.24. The van der Waals surface area contributed by atoms with E-state index in [1.54, 1.807) is 32.9 Å². The van der Waals surface area contributed by atoms with Crippen LogP contribution in [-0.2, 0) is 10.3 Å². The third-order valence-corrected chi connectivity index (χ3v) is 4.33. The number of hydrogen-bond donors (Lipinski definition) is 3. The first-order valence-electron chi connectivity index (χ1n) is 9.20. The van der Waals surface area contributed by atoms with Crippen LogP contribution in [0.25, 0.3) is 0 Å². The van der Waals surface area contributed by atoms with Gasteiger partial charge >= 0.3 is 6.09 Å². The molecule has 1 atom stereocenters. The van der Waals surface area contributed by atoms with Gasteiger partial charge in [-0.15, -0.1) is 0 Å². The summed E-state index contributed by atoms with van der Waals surface area (Å²) in [5, 5.41) is 14.0. The molecule has 2 rings (SSSR count). The normalized spacial score (nSPS) is 17.4. The molecule has 0 aliphatic heterocycles. The number of hydrogen-bond acceptors (Lipinski definition) is 4. The first kappa shape index (κ1) is 20.8. The molecule has 1 saturated carbocycles. The van der Waals surface area contributed by atoms with Gasteiger partial charge in [-0.05, 0) is 69.0 Å². The standard InChI is InChI=1S/C22H30N2O3/c1-16(24-20(25)27-21(2,3)4)14-17(12-13-23)15-22(26,19-10-11-19)18-8-6-5-7-9-18/h5-9,12-14,19,26H,1,10-11,15,23H2,2-4H3,(H,24,25)/b13-12-,17-14+. The van der Waals surface area contributed by atoms with Crippen LogP contribution < -0.4 is 11.1 Å². The summed E-state index contributed by atoms with van der Waals surface area (Å²) in [6.45, 7) is 9.25. The molecule has 27 heavy (non-hydrogen) atoms. The fraction of sp³-hybridized carbons (Fsp3) is 0.409. The molecule has 1 aliphatic rings. The Morgan fingerprint density at radius 2 is 1.96 bits per heavy atom. The summed E-state index contributed by atoms with van der Waals surface area (Å²) in [6.07, 6.45) is 6.64. The SMILES string of the molecule is C=C(/C=C(\C=C/N)CC(O)(c1ccccc1)C1CC1)NC(=O)OC(C)(C)C. The second-order valence-corrected chi connectivity index (χ2v) is 7.97. The third kappa shape index (κ3) is 6.29. The molecule has 1 unspecified atom stereocenters. The molecule has 5 heteroatoms. The van der Waals surface area contributed by atoms with Crippen molar-refractivity contribution < 1.29 is 14.6 Å². The average Bonchev–Trinajstić information content (AvgIpc) is 3.39. The van der Waals surface area contributed by atoms with Gasteiger partial charge in [0, 0.05) is 12.1 Å². The highest BCUT2D eigenvalue weighted by atomic mass is 16.6. The van der Waals surface area contributed by atoms with Crippen LogP contribution in [-0.4, -0.2) is 16.8 Å². The van der Waals surface area contributed by atoms with Gasteiger partial charge in [-0.3, -0.25) is 5.32 Å². The second kappa shape index (κ2) is 8.44. The largest absolute Gasteiger partial charge is 0.444 e. The molecular weight excluding hydrogens is 340 g/mol.